The number of ether oxygens (including phenoxy) is 1. The van der Waals surface area contributed by atoms with Crippen LogP contribution in [0.2, 0.25) is 0 Å². The lowest BCUT2D eigenvalue weighted by atomic mass is 9.68. The Morgan fingerprint density at radius 2 is 1.21 bits per heavy atom. The van der Waals surface area contributed by atoms with Crippen molar-refractivity contribution in [3.05, 3.63) is 23.3 Å². The van der Waals surface area contributed by atoms with Gasteiger partial charge in [0.2, 0.25) is 0 Å². The van der Waals surface area contributed by atoms with Crippen LogP contribution in [0.3, 0.4) is 0 Å². The summed E-state index contributed by atoms with van der Waals surface area (Å²) in [5, 5.41) is 20.3. The number of carboxylic acids is 1. The molecule has 1 aromatic carbocycles. The van der Waals surface area contributed by atoms with Crippen LogP contribution in [0.25, 0.3) is 0 Å². The van der Waals surface area contributed by atoms with E-state index in [2.05, 4.69) is 69.2 Å². The molecule has 0 amide bonds. The fraction of sp³-hybridized carbons (Fsp3) is 0.720. The fourth-order valence-corrected chi connectivity index (χ4v) is 4.82. The van der Waals surface area contributed by atoms with Crippen LogP contribution in [-0.2, 0) is 15.6 Å². The van der Waals surface area contributed by atoms with Crippen molar-refractivity contribution in [3.8, 4) is 11.5 Å². The van der Waals surface area contributed by atoms with Crippen molar-refractivity contribution in [2.24, 2.45) is 10.8 Å². The summed E-state index contributed by atoms with van der Waals surface area (Å²) in [4.78, 5) is 10.9. The molecule has 0 unspecified atom stereocenters. The van der Waals surface area contributed by atoms with Gasteiger partial charge in [0.15, 0.2) is 0 Å². The van der Waals surface area contributed by atoms with Gasteiger partial charge >= 0.3 is 5.97 Å². The summed E-state index contributed by atoms with van der Waals surface area (Å²) in [5.74, 6) is 0.0717. The minimum atomic E-state index is -0.884. The Morgan fingerprint density at radius 1 is 0.828 bits per heavy atom. The van der Waals surface area contributed by atoms with Crippen LogP contribution in [0.15, 0.2) is 12.1 Å². The van der Waals surface area contributed by atoms with Crippen molar-refractivity contribution in [1.82, 2.24) is 0 Å². The number of hydrogen-bond donors (Lipinski definition) is 2. The number of phenols is 1. The van der Waals surface area contributed by atoms with E-state index < -0.39 is 5.97 Å². The van der Waals surface area contributed by atoms with Crippen LogP contribution in [0.4, 0.5) is 0 Å². The smallest absolute Gasteiger partial charge is 0.306 e. The van der Waals surface area contributed by atoms with E-state index in [0.29, 0.717) is 11.5 Å². The molecule has 166 valence electrons. The molecule has 0 aliphatic carbocycles. The summed E-state index contributed by atoms with van der Waals surface area (Å²) in [6.07, 6.45) is 1.73. The summed E-state index contributed by atoms with van der Waals surface area (Å²) in [5.41, 5.74) is 1.38. The molecule has 0 bridgehead atoms. The molecule has 0 aliphatic heterocycles. The molecule has 1 rings (SSSR count). The average molecular weight is 407 g/mol. The Morgan fingerprint density at radius 3 is 1.52 bits per heavy atom. The molecule has 0 saturated heterocycles. The highest BCUT2D eigenvalue weighted by atomic mass is 16.5. The van der Waals surface area contributed by atoms with Crippen LogP contribution in [0, 0.1) is 10.8 Å². The standard InChI is InChI=1S/C25H42O4/c1-22(2,3)15-24(7,8)18-13-17(29-12-11-20(26)27)14-19(21(18)28)25(9,10)16-23(4,5)6/h13-14,28H,11-12,15-16H2,1-10H3,(H,26,27). The minimum absolute atomic E-state index is 0.0533. The molecular formula is C25H42O4. The highest BCUT2D eigenvalue weighted by Crippen LogP contribution is 2.48. The Kier molecular flexibility index (Phi) is 7.49. The molecule has 0 saturated carbocycles. The number of carboxylic acid groups (broad SMARTS) is 1. The number of hydrogen-bond acceptors (Lipinski definition) is 3. The number of phenolic OH excluding ortho intramolecular Hbond substituents is 1. The van der Waals surface area contributed by atoms with Crippen molar-refractivity contribution >= 4 is 5.97 Å². The van der Waals surface area contributed by atoms with Gasteiger partial charge in [-0.25, -0.2) is 0 Å². The molecule has 4 heteroatoms. The second-order valence-electron chi connectivity index (χ2n) is 12.1. The van der Waals surface area contributed by atoms with Gasteiger partial charge in [-0.1, -0.05) is 69.2 Å². The molecule has 0 spiro atoms. The van der Waals surface area contributed by atoms with Crippen LogP contribution in [0.1, 0.15) is 99.6 Å². The van der Waals surface area contributed by atoms with Crippen molar-refractivity contribution in [2.45, 2.75) is 99.3 Å². The second kappa shape index (κ2) is 8.57. The van der Waals surface area contributed by atoms with Gasteiger partial charge in [0.25, 0.3) is 0 Å². The van der Waals surface area contributed by atoms with Crippen molar-refractivity contribution in [1.29, 1.82) is 0 Å². The van der Waals surface area contributed by atoms with E-state index >= 15 is 0 Å². The number of rotatable bonds is 8. The molecule has 0 radical (unpaired) electrons. The maximum Gasteiger partial charge on any atom is 0.306 e. The molecule has 0 heterocycles. The second-order valence-corrected chi connectivity index (χ2v) is 12.1. The van der Waals surface area contributed by atoms with Gasteiger partial charge in [0.1, 0.15) is 11.5 Å². The summed E-state index contributed by atoms with van der Waals surface area (Å²) in [6, 6.07) is 3.78. The lowest BCUT2D eigenvalue weighted by molar-refractivity contribution is -0.137. The topological polar surface area (TPSA) is 66.8 Å². The summed E-state index contributed by atoms with van der Waals surface area (Å²) < 4.78 is 5.81. The van der Waals surface area contributed by atoms with Gasteiger partial charge in [-0.05, 0) is 46.6 Å². The molecule has 0 atom stereocenters. The normalized spacial score (nSPS) is 13.4. The molecule has 2 N–H and O–H groups in total. The van der Waals surface area contributed by atoms with Crippen molar-refractivity contribution < 1.29 is 19.7 Å². The zero-order chi connectivity index (χ0) is 22.8. The van der Waals surface area contributed by atoms with E-state index in [1.807, 2.05) is 12.1 Å². The van der Waals surface area contributed by atoms with Gasteiger partial charge in [-0.3, -0.25) is 4.79 Å². The summed E-state index contributed by atoms with van der Waals surface area (Å²) in [6.45, 7) is 21.9. The van der Waals surface area contributed by atoms with Crippen LogP contribution < -0.4 is 4.74 Å². The molecule has 0 aliphatic rings. The highest BCUT2D eigenvalue weighted by molar-refractivity contribution is 5.66. The lowest BCUT2D eigenvalue weighted by Gasteiger charge is -2.37. The van der Waals surface area contributed by atoms with E-state index in [9.17, 15) is 9.90 Å². The third kappa shape index (κ3) is 7.91. The Hall–Kier alpha value is -1.71. The third-order valence-electron chi connectivity index (χ3n) is 5.07. The van der Waals surface area contributed by atoms with E-state index in [4.69, 9.17) is 9.84 Å². The predicted octanol–water partition coefficient (Wildman–Crippen LogP) is 6.67. The van der Waals surface area contributed by atoms with Gasteiger partial charge in [0, 0.05) is 11.1 Å². The van der Waals surface area contributed by atoms with E-state index in [1.54, 1.807) is 0 Å². The van der Waals surface area contributed by atoms with Crippen LogP contribution in [-0.4, -0.2) is 22.8 Å². The molecule has 4 nitrogen and oxygen atoms in total. The quantitative estimate of drug-likeness (QED) is 0.506. The molecule has 1 aromatic rings. The first-order chi connectivity index (χ1) is 12.8. The summed E-state index contributed by atoms with van der Waals surface area (Å²) in [7, 11) is 0. The summed E-state index contributed by atoms with van der Waals surface area (Å²) >= 11 is 0. The van der Waals surface area contributed by atoms with Crippen LogP contribution in [0.5, 0.6) is 11.5 Å². The minimum Gasteiger partial charge on any atom is -0.507 e. The molecular weight excluding hydrogens is 364 g/mol. The average Bonchev–Trinajstić information content (AvgIpc) is 2.42. The van der Waals surface area contributed by atoms with Crippen molar-refractivity contribution in [2.75, 3.05) is 6.61 Å². The number of benzene rings is 1. The van der Waals surface area contributed by atoms with Gasteiger partial charge in [-0.2, -0.15) is 0 Å². The Bertz CT molecular complexity index is 666. The molecule has 0 aromatic heterocycles. The Labute approximate surface area is 177 Å². The number of carbonyl (C=O) groups is 1. The van der Waals surface area contributed by atoms with Gasteiger partial charge < -0.3 is 14.9 Å². The molecule has 0 fully saturated rings. The van der Waals surface area contributed by atoms with Gasteiger partial charge in [-0.15, -0.1) is 0 Å². The third-order valence-corrected chi connectivity index (χ3v) is 5.07. The highest BCUT2D eigenvalue weighted by Gasteiger charge is 2.35. The fourth-order valence-electron chi connectivity index (χ4n) is 4.82. The number of aliphatic carboxylic acids is 1. The number of aromatic hydroxyl groups is 1. The maximum atomic E-state index is 11.3. The first-order valence-corrected chi connectivity index (χ1v) is 10.6. The monoisotopic (exact) mass is 406 g/mol. The predicted molar refractivity (Wildman–Crippen MR) is 120 cm³/mol. The Balaban J connectivity index is 3.52. The first-order valence-electron chi connectivity index (χ1n) is 10.6. The largest absolute Gasteiger partial charge is 0.507 e. The first kappa shape index (κ1) is 25.3. The van der Waals surface area contributed by atoms with E-state index in [-0.39, 0.29) is 34.7 Å². The SMILES string of the molecule is CC(C)(C)CC(C)(C)c1cc(OCCC(=O)O)cc(C(C)(C)CC(C)(C)C)c1O. The lowest BCUT2D eigenvalue weighted by Crippen LogP contribution is -2.28. The molecule has 29 heavy (non-hydrogen) atoms. The van der Waals surface area contributed by atoms with Crippen LogP contribution >= 0.6 is 0 Å². The zero-order valence-electron chi connectivity index (χ0n) is 20.2. The maximum absolute atomic E-state index is 11.3. The van der Waals surface area contributed by atoms with E-state index in [1.165, 1.54) is 0 Å². The zero-order valence-corrected chi connectivity index (χ0v) is 20.2. The van der Waals surface area contributed by atoms with Crippen molar-refractivity contribution in [3.63, 3.8) is 0 Å². The van der Waals surface area contributed by atoms with E-state index in [0.717, 1.165) is 24.0 Å². The van der Waals surface area contributed by atoms with Gasteiger partial charge in [0.05, 0.1) is 13.0 Å².